The molecule has 0 aromatic heterocycles. The van der Waals surface area contributed by atoms with Crippen molar-refractivity contribution in [1.29, 1.82) is 0 Å². The number of nitrogens with zero attached hydrogens (tertiary/aromatic N) is 2. The summed E-state index contributed by atoms with van der Waals surface area (Å²) in [6.07, 6.45) is 4.28. The summed E-state index contributed by atoms with van der Waals surface area (Å²) >= 11 is 0. The van der Waals surface area contributed by atoms with Crippen molar-refractivity contribution < 1.29 is 37.7 Å². The molecule has 1 aromatic rings. The average molecular weight is 454 g/mol. The molecular formula is C22H28F2N2O6. The third-order valence-corrected chi connectivity index (χ3v) is 6.32. The Morgan fingerprint density at radius 2 is 1.78 bits per heavy atom. The van der Waals surface area contributed by atoms with Gasteiger partial charge in [0.25, 0.3) is 12.4 Å². The molecular weight excluding hydrogens is 426 g/mol. The van der Waals surface area contributed by atoms with Crippen LogP contribution in [0.25, 0.3) is 0 Å². The zero-order valence-electron chi connectivity index (χ0n) is 17.8. The molecule has 1 atom stereocenters. The number of hydrogen-bond acceptors (Lipinski definition) is 6. The SMILES string of the molecule is O=C(c1ccc(OC(F)F)cc1)N1CCC2(CC1)CC(CN1CCCC1)OC2=O.O=CO. The highest BCUT2D eigenvalue weighted by molar-refractivity contribution is 5.94. The molecule has 1 spiro atoms. The van der Waals surface area contributed by atoms with Gasteiger partial charge in [0.15, 0.2) is 0 Å². The zero-order chi connectivity index (χ0) is 23.1. The molecule has 10 heteroatoms. The average Bonchev–Trinajstić information content (AvgIpc) is 3.37. The van der Waals surface area contributed by atoms with E-state index in [4.69, 9.17) is 14.6 Å². The quantitative estimate of drug-likeness (QED) is 0.540. The smallest absolute Gasteiger partial charge is 0.387 e. The van der Waals surface area contributed by atoms with Gasteiger partial charge in [-0.15, -0.1) is 0 Å². The zero-order valence-corrected chi connectivity index (χ0v) is 17.8. The number of benzene rings is 1. The van der Waals surface area contributed by atoms with Gasteiger partial charge in [0.05, 0.1) is 5.41 Å². The van der Waals surface area contributed by atoms with E-state index in [1.165, 1.54) is 37.1 Å². The number of halogens is 2. The normalized spacial score (nSPS) is 22.4. The van der Waals surface area contributed by atoms with Crippen molar-refractivity contribution in [3.05, 3.63) is 29.8 Å². The van der Waals surface area contributed by atoms with Gasteiger partial charge in [0, 0.05) is 31.6 Å². The number of likely N-dealkylation sites (tertiary alicyclic amines) is 2. The van der Waals surface area contributed by atoms with Crippen LogP contribution in [0, 0.1) is 5.41 Å². The van der Waals surface area contributed by atoms with Crippen LogP contribution < -0.4 is 4.74 Å². The molecule has 3 aliphatic rings. The van der Waals surface area contributed by atoms with Gasteiger partial charge in [0.1, 0.15) is 11.9 Å². The first-order valence-corrected chi connectivity index (χ1v) is 10.7. The van der Waals surface area contributed by atoms with Crippen LogP contribution in [0.15, 0.2) is 24.3 Å². The Bertz CT molecular complexity index is 790. The number of amides is 1. The predicted octanol–water partition coefficient (Wildman–Crippen LogP) is 2.62. The van der Waals surface area contributed by atoms with Crippen molar-refractivity contribution in [1.82, 2.24) is 9.80 Å². The fourth-order valence-corrected chi connectivity index (χ4v) is 4.70. The van der Waals surface area contributed by atoms with Crippen LogP contribution in [0.2, 0.25) is 0 Å². The van der Waals surface area contributed by atoms with Crippen molar-refractivity contribution in [2.75, 3.05) is 32.7 Å². The monoisotopic (exact) mass is 454 g/mol. The van der Waals surface area contributed by atoms with Gasteiger partial charge in [-0.05, 0) is 63.0 Å². The third-order valence-electron chi connectivity index (χ3n) is 6.32. The lowest BCUT2D eigenvalue weighted by Gasteiger charge is -2.36. The Kier molecular flexibility index (Phi) is 8.00. The minimum Gasteiger partial charge on any atom is -0.483 e. The van der Waals surface area contributed by atoms with E-state index >= 15 is 0 Å². The third kappa shape index (κ3) is 5.73. The van der Waals surface area contributed by atoms with Crippen molar-refractivity contribution in [2.24, 2.45) is 5.41 Å². The fourth-order valence-electron chi connectivity index (χ4n) is 4.70. The number of carboxylic acid groups (broad SMARTS) is 1. The molecule has 3 fully saturated rings. The number of esters is 1. The second kappa shape index (κ2) is 10.7. The van der Waals surface area contributed by atoms with Gasteiger partial charge in [-0.1, -0.05) is 0 Å². The Morgan fingerprint density at radius 1 is 1.19 bits per heavy atom. The Hall–Kier alpha value is -2.75. The van der Waals surface area contributed by atoms with Crippen molar-refractivity contribution in [2.45, 2.75) is 44.8 Å². The van der Waals surface area contributed by atoms with E-state index in [9.17, 15) is 18.4 Å². The summed E-state index contributed by atoms with van der Waals surface area (Å²) in [7, 11) is 0. The summed E-state index contributed by atoms with van der Waals surface area (Å²) in [6.45, 7) is 0.785. The van der Waals surface area contributed by atoms with E-state index in [-0.39, 0.29) is 30.2 Å². The van der Waals surface area contributed by atoms with Gasteiger partial charge in [-0.25, -0.2) is 0 Å². The topological polar surface area (TPSA) is 96.4 Å². The Balaban J connectivity index is 0.000000913. The first-order valence-electron chi connectivity index (χ1n) is 10.7. The highest BCUT2D eigenvalue weighted by Gasteiger charge is 2.51. The van der Waals surface area contributed by atoms with Gasteiger partial charge in [0.2, 0.25) is 0 Å². The van der Waals surface area contributed by atoms with E-state index in [1.807, 2.05) is 0 Å². The molecule has 0 aliphatic carbocycles. The number of rotatable bonds is 5. The molecule has 1 amide bonds. The molecule has 1 unspecified atom stereocenters. The molecule has 3 aliphatic heterocycles. The van der Waals surface area contributed by atoms with Crippen LogP contribution >= 0.6 is 0 Å². The van der Waals surface area contributed by atoms with Crippen LogP contribution in [0.4, 0.5) is 8.78 Å². The van der Waals surface area contributed by atoms with Crippen molar-refractivity contribution >= 4 is 18.3 Å². The van der Waals surface area contributed by atoms with Crippen LogP contribution in [0.3, 0.4) is 0 Å². The second-order valence-corrected chi connectivity index (χ2v) is 8.32. The van der Waals surface area contributed by atoms with E-state index < -0.39 is 12.0 Å². The highest BCUT2D eigenvalue weighted by Crippen LogP contribution is 2.43. The van der Waals surface area contributed by atoms with E-state index in [0.29, 0.717) is 31.5 Å². The number of hydrogen-bond donors (Lipinski definition) is 1. The number of carbonyl (C=O) groups is 3. The van der Waals surface area contributed by atoms with Crippen molar-refractivity contribution in [3.8, 4) is 5.75 Å². The summed E-state index contributed by atoms with van der Waals surface area (Å²) in [5.74, 6) is -0.266. The molecule has 0 radical (unpaired) electrons. The first kappa shape index (κ1) is 23.9. The standard InChI is InChI=1S/C21H26F2N2O4.CH2O2/c22-20(23)29-16-5-3-15(4-6-16)18(26)25-11-7-21(8-12-25)13-17(28-19(21)27)14-24-9-1-2-10-24;2-1-3/h3-6,17,20H,1-2,7-14H2;1H,(H,2,3). The lowest BCUT2D eigenvalue weighted by molar-refractivity contribution is -0.151. The van der Waals surface area contributed by atoms with E-state index in [2.05, 4.69) is 9.64 Å². The number of carbonyl (C=O) groups excluding carboxylic acids is 2. The van der Waals surface area contributed by atoms with Gasteiger partial charge < -0.3 is 19.5 Å². The summed E-state index contributed by atoms with van der Waals surface area (Å²) in [4.78, 5) is 37.8. The maximum Gasteiger partial charge on any atom is 0.387 e. The lowest BCUT2D eigenvalue weighted by atomic mass is 9.76. The summed E-state index contributed by atoms with van der Waals surface area (Å²) in [5, 5.41) is 6.89. The number of alkyl halides is 2. The lowest BCUT2D eigenvalue weighted by Crippen LogP contribution is -2.45. The molecule has 0 bridgehead atoms. The van der Waals surface area contributed by atoms with Gasteiger partial charge in [-0.3, -0.25) is 19.3 Å². The fraction of sp³-hybridized carbons (Fsp3) is 0.591. The Labute approximate surface area is 185 Å². The van der Waals surface area contributed by atoms with Crippen LogP contribution in [0.1, 0.15) is 42.5 Å². The van der Waals surface area contributed by atoms with Crippen LogP contribution in [-0.4, -0.2) is 78.7 Å². The molecule has 1 aromatic carbocycles. The minimum absolute atomic E-state index is 0.0203. The van der Waals surface area contributed by atoms with Crippen molar-refractivity contribution in [3.63, 3.8) is 0 Å². The molecule has 3 heterocycles. The number of ether oxygens (including phenoxy) is 2. The largest absolute Gasteiger partial charge is 0.483 e. The number of cyclic esters (lactones) is 1. The molecule has 8 nitrogen and oxygen atoms in total. The molecule has 176 valence electrons. The van der Waals surface area contributed by atoms with Gasteiger partial charge in [-0.2, -0.15) is 8.78 Å². The number of piperidine rings is 1. The molecule has 1 N–H and O–H groups in total. The molecule has 32 heavy (non-hydrogen) atoms. The van der Waals surface area contributed by atoms with Crippen LogP contribution in [0.5, 0.6) is 5.75 Å². The minimum atomic E-state index is -2.89. The van der Waals surface area contributed by atoms with E-state index in [0.717, 1.165) is 26.1 Å². The first-order chi connectivity index (χ1) is 15.4. The maximum atomic E-state index is 12.7. The summed E-state index contributed by atoms with van der Waals surface area (Å²) in [5.41, 5.74) is -0.0562. The summed E-state index contributed by atoms with van der Waals surface area (Å²) < 4.78 is 34.5. The van der Waals surface area contributed by atoms with Gasteiger partial charge >= 0.3 is 12.6 Å². The van der Waals surface area contributed by atoms with E-state index in [1.54, 1.807) is 4.90 Å². The summed E-state index contributed by atoms with van der Waals surface area (Å²) in [6, 6.07) is 5.70. The second-order valence-electron chi connectivity index (χ2n) is 8.32. The van der Waals surface area contributed by atoms with Crippen LogP contribution in [-0.2, 0) is 14.3 Å². The molecule has 3 saturated heterocycles. The Morgan fingerprint density at radius 3 is 2.34 bits per heavy atom. The maximum absolute atomic E-state index is 12.7. The molecule has 4 rings (SSSR count). The molecule has 0 saturated carbocycles. The highest BCUT2D eigenvalue weighted by atomic mass is 19.3. The predicted molar refractivity (Wildman–Crippen MR) is 110 cm³/mol.